The number of ether oxygens (including phenoxy) is 3. The fourth-order valence-electron chi connectivity index (χ4n) is 4.10. The summed E-state index contributed by atoms with van der Waals surface area (Å²) in [6, 6.07) is 6.83. The van der Waals surface area contributed by atoms with E-state index in [1.807, 2.05) is 6.07 Å². The largest absolute Gasteiger partial charge is 0.459 e. The second-order valence-electron chi connectivity index (χ2n) is 8.66. The molecule has 34 heavy (non-hydrogen) atoms. The fraction of sp³-hybridized carbons (Fsp3) is 0.333. The van der Waals surface area contributed by atoms with Crippen molar-refractivity contribution in [3.05, 3.63) is 63.7 Å². The van der Waals surface area contributed by atoms with E-state index in [9.17, 15) is 19.6 Å². The third-order valence-corrected chi connectivity index (χ3v) is 5.68. The first-order chi connectivity index (χ1) is 15.9. The van der Waals surface area contributed by atoms with E-state index in [-0.39, 0.29) is 35.0 Å². The average molecular weight is 530 g/mol. The minimum atomic E-state index is -1.97. The lowest BCUT2D eigenvalue weighted by molar-refractivity contribution is -0.153. The monoisotopic (exact) mass is 529 g/mol. The van der Waals surface area contributed by atoms with Crippen LogP contribution in [0.2, 0.25) is 0 Å². The lowest BCUT2D eigenvalue weighted by Crippen LogP contribution is -2.49. The Morgan fingerprint density at radius 1 is 1.38 bits per heavy atom. The van der Waals surface area contributed by atoms with Crippen LogP contribution in [0.5, 0.6) is 0 Å². The van der Waals surface area contributed by atoms with Crippen LogP contribution in [0.3, 0.4) is 0 Å². The lowest BCUT2D eigenvalue weighted by atomic mass is 9.68. The number of amides is 1. The first-order valence-electron chi connectivity index (χ1n) is 10.3. The number of nitrogens with zero attached hydrogens (tertiary/aromatic N) is 2. The molecular weight excluding hydrogens is 506 g/mol. The van der Waals surface area contributed by atoms with E-state index >= 15 is 0 Å². The molecule has 1 aromatic carbocycles. The van der Waals surface area contributed by atoms with Crippen molar-refractivity contribution in [3.63, 3.8) is 0 Å². The molecule has 1 unspecified atom stereocenters. The zero-order valence-electron chi connectivity index (χ0n) is 19.2. The highest BCUT2D eigenvalue weighted by molar-refractivity contribution is 9.10. The smallest absolute Gasteiger partial charge is 0.339 e. The molecule has 2 N–H and O–H groups in total. The molecule has 0 radical (unpaired) electrons. The number of rotatable bonds is 5. The fourth-order valence-corrected chi connectivity index (χ4v) is 4.46. The van der Waals surface area contributed by atoms with Crippen molar-refractivity contribution < 1.29 is 28.6 Å². The molecule has 1 spiro atoms. The SMILES string of the molecule is C=CCOC(=O)C1=C(C)OC(N)=C(C#N)C12C(=O)N(CC(=O)OC(C)(C)C)c1ccc(Br)cc12. The van der Waals surface area contributed by atoms with Crippen LogP contribution >= 0.6 is 15.9 Å². The third-order valence-electron chi connectivity index (χ3n) is 5.19. The quantitative estimate of drug-likeness (QED) is 0.454. The van der Waals surface area contributed by atoms with Gasteiger partial charge in [-0.1, -0.05) is 28.6 Å². The maximum Gasteiger partial charge on any atom is 0.339 e. The molecule has 2 aliphatic heterocycles. The summed E-state index contributed by atoms with van der Waals surface area (Å²) < 4.78 is 16.7. The minimum absolute atomic E-state index is 0.00366. The lowest BCUT2D eigenvalue weighted by Gasteiger charge is -2.34. The van der Waals surface area contributed by atoms with Gasteiger partial charge < -0.3 is 19.9 Å². The molecule has 0 aromatic heterocycles. The van der Waals surface area contributed by atoms with Crippen LogP contribution in [-0.4, -0.2) is 36.6 Å². The molecule has 0 fully saturated rings. The number of allylic oxidation sites excluding steroid dienone is 1. The molecule has 178 valence electrons. The number of carbonyl (C=O) groups excluding carboxylic acids is 3. The van der Waals surface area contributed by atoms with Crippen LogP contribution in [0.15, 0.2) is 58.1 Å². The summed E-state index contributed by atoms with van der Waals surface area (Å²) in [6.07, 6.45) is 1.37. The number of esters is 2. The minimum Gasteiger partial charge on any atom is -0.459 e. The molecule has 0 saturated carbocycles. The van der Waals surface area contributed by atoms with Gasteiger partial charge in [-0.2, -0.15) is 5.26 Å². The van der Waals surface area contributed by atoms with Crippen LogP contribution in [0, 0.1) is 11.3 Å². The first-order valence-corrected chi connectivity index (χ1v) is 11.1. The van der Waals surface area contributed by atoms with Crippen molar-refractivity contribution in [3.8, 4) is 6.07 Å². The molecule has 1 atom stereocenters. The van der Waals surface area contributed by atoms with E-state index in [2.05, 4.69) is 22.5 Å². The number of nitrogens with two attached hydrogens (primary N) is 1. The summed E-state index contributed by atoms with van der Waals surface area (Å²) in [5.41, 5.74) is 3.42. The second kappa shape index (κ2) is 8.99. The molecule has 1 amide bonds. The number of halogens is 1. The standard InChI is InChI=1S/C24H24BrN3O6/c1-6-9-32-21(30)19-13(2)33-20(27)16(11-26)24(19)15-10-14(25)7-8-17(15)28(22(24)31)12-18(29)34-23(3,4)5/h6-8,10H,1,9,12,27H2,2-5H3. The van der Waals surface area contributed by atoms with Crippen molar-refractivity contribution in [1.29, 1.82) is 5.26 Å². The zero-order chi connectivity index (χ0) is 25.4. The summed E-state index contributed by atoms with van der Waals surface area (Å²) in [4.78, 5) is 41.2. The predicted molar refractivity (Wildman–Crippen MR) is 126 cm³/mol. The van der Waals surface area contributed by atoms with E-state index in [4.69, 9.17) is 19.9 Å². The summed E-state index contributed by atoms with van der Waals surface area (Å²) >= 11 is 3.39. The van der Waals surface area contributed by atoms with Crippen molar-refractivity contribution in [1.82, 2.24) is 0 Å². The zero-order valence-corrected chi connectivity index (χ0v) is 20.8. The van der Waals surface area contributed by atoms with Gasteiger partial charge in [-0.05, 0) is 45.9 Å². The van der Waals surface area contributed by atoms with Gasteiger partial charge in [0, 0.05) is 15.7 Å². The maximum absolute atomic E-state index is 14.1. The summed E-state index contributed by atoms with van der Waals surface area (Å²) in [5, 5.41) is 10.0. The van der Waals surface area contributed by atoms with Gasteiger partial charge in [0.2, 0.25) is 11.8 Å². The molecule has 10 heteroatoms. The average Bonchev–Trinajstić information content (AvgIpc) is 2.94. The van der Waals surface area contributed by atoms with Crippen molar-refractivity contribution >= 4 is 39.5 Å². The Morgan fingerprint density at radius 2 is 2.06 bits per heavy atom. The highest BCUT2D eigenvalue weighted by Gasteiger charge is 2.62. The number of hydrogen-bond donors (Lipinski definition) is 1. The molecule has 0 aliphatic carbocycles. The van der Waals surface area contributed by atoms with Gasteiger partial charge in [-0.15, -0.1) is 0 Å². The Hall–Kier alpha value is -3.58. The Kier molecular flexibility index (Phi) is 6.62. The van der Waals surface area contributed by atoms with Crippen LogP contribution < -0.4 is 10.6 Å². The third kappa shape index (κ3) is 4.07. The van der Waals surface area contributed by atoms with E-state index in [0.717, 1.165) is 0 Å². The number of carbonyl (C=O) groups is 3. The van der Waals surface area contributed by atoms with E-state index < -0.39 is 35.4 Å². The molecule has 0 bridgehead atoms. The van der Waals surface area contributed by atoms with Crippen LogP contribution in [0.4, 0.5) is 5.69 Å². The topological polar surface area (TPSA) is 132 Å². The first kappa shape index (κ1) is 25.1. The van der Waals surface area contributed by atoms with Gasteiger partial charge in [-0.25, -0.2) is 4.79 Å². The predicted octanol–water partition coefficient (Wildman–Crippen LogP) is 3.10. The van der Waals surface area contributed by atoms with E-state index in [0.29, 0.717) is 10.2 Å². The number of anilines is 1. The van der Waals surface area contributed by atoms with E-state index in [1.165, 1.54) is 17.9 Å². The number of nitriles is 1. The van der Waals surface area contributed by atoms with E-state index in [1.54, 1.807) is 39.0 Å². The van der Waals surface area contributed by atoms with Gasteiger partial charge in [0.25, 0.3) is 0 Å². The maximum atomic E-state index is 14.1. The van der Waals surface area contributed by atoms with Crippen LogP contribution in [-0.2, 0) is 34.0 Å². The number of fused-ring (bicyclic) bond motifs is 2. The molecule has 1 aromatic rings. The molecular formula is C24H24BrN3O6. The van der Waals surface area contributed by atoms with Gasteiger partial charge in [0.1, 0.15) is 41.7 Å². The van der Waals surface area contributed by atoms with Crippen molar-refractivity contribution in [2.75, 3.05) is 18.1 Å². The Balaban J connectivity index is 2.29. The molecule has 9 nitrogen and oxygen atoms in total. The summed E-state index contributed by atoms with van der Waals surface area (Å²) in [7, 11) is 0. The van der Waals surface area contributed by atoms with Crippen molar-refractivity contribution in [2.24, 2.45) is 5.73 Å². The Labute approximate surface area is 205 Å². The van der Waals surface area contributed by atoms with Gasteiger partial charge in [-0.3, -0.25) is 14.5 Å². The van der Waals surface area contributed by atoms with Crippen molar-refractivity contribution in [2.45, 2.75) is 38.7 Å². The number of hydrogen-bond acceptors (Lipinski definition) is 8. The summed E-state index contributed by atoms with van der Waals surface area (Å²) in [6.45, 7) is 9.53. The van der Waals surface area contributed by atoms with Gasteiger partial charge >= 0.3 is 11.9 Å². The highest BCUT2D eigenvalue weighted by Crippen LogP contribution is 2.54. The van der Waals surface area contributed by atoms with Crippen LogP contribution in [0.1, 0.15) is 33.3 Å². The molecule has 0 saturated heterocycles. The highest BCUT2D eigenvalue weighted by atomic mass is 79.9. The van der Waals surface area contributed by atoms with Gasteiger partial charge in [0.15, 0.2) is 5.41 Å². The Morgan fingerprint density at radius 3 is 2.65 bits per heavy atom. The summed E-state index contributed by atoms with van der Waals surface area (Å²) in [5.74, 6) is -2.58. The van der Waals surface area contributed by atoms with Gasteiger partial charge in [0.05, 0.1) is 0 Å². The molecule has 2 heterocycles. The second-order valence-corrected chi connectivity index (χ2v) is 9.58. The Bertz CT molecular complexity index is 1200. The normalized spacial score (nSPS) is 19.5. The number of benzene rings is 1. The van der Waals surface area contributed by atoms with Crippen LogP contribution in [0.25, 0.3) is 0 Å². The molecule has 2 aliphatic rings. The molecule has 3 rings (SSSR count).